The van der Waals surface area contributed by atoms with Gasteiger partial charge in [0.25, 0.3) is 20.2 Å². The minimum absolute atomic E-state index is 0.0444. The van der Waals surface area contributed by atoms with Crippen molar-refractivity contribution in [1.29, 1.82) is 0 Å². The smallest absolute Gasteiger partial charge is 0.276 e. The molecular formula is C41H80N2O8S2. The summed E-state index contributed by atoms with van der Waals surface area (Å²) in [4.78, 5) is 24.9. The maximum atomic E-state index is 11.8. The first-order valence-electron chi connectivity index (χ1n) is 21.0. The van der Waals surface area contributed by atoms with E-state index in [1.54, 1.807) is 7.05 Å². The van der Waals surface area contributed by atoms with Gasteiger partial charge < -0.3 is 10.6 Å². The normalized spacial score (nSPS) is 12.6. The van der Waals surface area contributed by atoms with Crippen LogP contribution < -0.4 is 5.73 Å². The van der Waals surface area contributed by atoms with E-state index >= 15 is 0 Å². The molecule has 0 aromatic rings. The predicted molar refractivity (Wildman–Crippen MR) is 222 cm³/mol. The molecule has 1 unspecified atom stereocenters. The van der Waals surface area contributed by atoms with Gasteiger partial charge in [-0.1, -0.05) is 141 Å². The summed E-state index contributed by atoms with van der Waals surface area (Å²) in [6.07, 6.45) is 40.8. The van der Waals surface area contributed by atoms with Crippen LogP contribution in [0.25, 0.3) is 0 Å². The van der Waals surface area contributed by atoms with Crippen LogP contribution in [-0.4, -0.2) is 73.7 Å². The van der Waals surface area contributed by atoms with Crippen LogP contribution in [0.3, 0.4) is 0 Å². The molecule has 0 bridgehead atoms. The molecule has 10 nitrogen and oxygen atoms in total. The van der Waals surface area contributed by atoms with E-state index in [2.05, 4.69) is 38.2 Å². The summed E-state index contributed by atoms with van der Waals surface area (Å²) in [6.45, 7) is 4.17. The maximum absolute atomic E-state index is 11.8. The summed E-state index contributed by atoms with van der Waals surface area (Å²) in [6, 6.07) is 0. The highest BCUT2D eigenvalue weighted by atomic mass is 32.2. The second-order valence-corrected chi connectivity index (χ2v) is 17.6. The van der Waals surface area contributed by atoms with Gasteiger partial charge in [-0.3, -0.25) is 18.7 Å². The summed E-state index contributed by atoms with van der Waals surface area (Å²) in [5, 5.41) is -1.46. The molecule has 0 fully saturated rings. The molecule has 0 aliphatic carbocycles. The van der Waals surface area contributed by atoms with E-state index in [1.165, 1.54) is 108 Å². The number of carbonyl (C=O) groups excluding carboxylic acids is 2. The fraction of sp³-hybridized carbons (Fsp3) is 0.854. The minimum Gasteiger partial charge on any atom is -0.345 e. The molecule has 4 N–H and O–H groups in total. The molecule has 0 aliphatic heterocycles. The van der Waals surface area contributed by atoms with Crippen molar-refractivity contribution in [2.75, 3.05) is 25.9 Å². The monoisotopic (exact) mass is 793 g/mol. The van der Waals surface area contributed by atoms with Crippen molar-refractivity contribution in [3.05, 3.63) is 24.3 Å². The molecule has 1 atom stereocenters. The van der Waals surface area contributed by atoms with Crippen molar-refractivity contribution < 1.29 is 35.5 Å². The number of ketones is 1. The van der Waals surface area contributed by atoms with E-state index in [-0.39, 0.29) is 25.4 Å². The van der Waals surface area contributed by atoms with Crippen molar-refractivity contribution in [1.82, 2.24) is 4.90 Å². The second-order valence-electron chi connectivity index (χ2n) is 14.5. The molecule has 0 heterocycles. The lowest BCUT2D eigenvalue weighted by Gasteiger charge is -2.16. The SMILES string of the molecule is CCCCCCCC/C=C\CCCCCCCC(=O)C(CN)S(=O)(=O)O.CCCCCCCC/C=C\CCCCCCCC(=O)N(C)CCS(=O)(=O)O. The average molecular weight is 793 g/mol. The van der Waals surface area contributed by atoms with Crippen molar-refractivity contribution in [3.63, 3.8) is 0 Å². The summed E-state index contributed by atoms with van der Waals surface area (Å²) in [7, 11) is -6.80. The van der Waals surface area contributed by atoms with Crippen molar-refractivity contribution in [2.45, 2.75) is 199 Å². The van der Waals surface area contributed by atoms with Gasteiger partial charge in [0.1, 0.15) is 0 Å². The van der Waals surface area contributed by atoms with E-state index in [9.17, 15) is 26.4 Å². The van der Waals surface area contributed by atoms with Gasteiger partial charge in [0, 0.05) is 33.0 Å². The number of nitrogens with two attached hydrogens (primary N) is 1. The molecule has 0 radical (unpaired) electrons. The van der Waals surface area contributed by atoms with Crippen LogP contribution >= 0.6 is 0 Å². The Kier molecular flexibility index (Phi) is 37.7. The molecule has 0 saturated heterocycles. The average Bonchev–Trinajstić information content (AvgIpc) is 3.10. The molecule has 1 amide bonds. The van der Waals surface area contributed by atoms with Gasteiger partial charge in [0.05, 0.1) is 5.75 Å². The van der Waals surface area contributed by atoms with Crippen molar-refractivity contribution in [3.8, 4) is 0 Å². The number of amides is 1. The van der Waals surface area contributed by atoms with Gasteiger partial charge in [-0.15, -0.1) is 0 Å². The fourth-order valence-electron chi connectivity index (χ4n) is 5.86. The highest BCUT2D eigenvalue weighted by Gasteiger charge is 2.28. The van der Waals surface area contributed by atoms with Gasteiger partial charge in [0.2, 0.25) is 5.91 Å². The number of carbonyl (C=O) groups is 2. The van der Waals surface area contributed by atoms with Crippen LogP contribution in [0, 0.1) is 0 Å². The number of Topliss-reactive ketones (excluding diaryl/α,β-unsaturated/α-hetero) is 1. The van der Waals surface area contributed by atoms with Gasteiger partial charge in [-0.2, -0.15) is 16.8 Å². The zero-order chi connectivity index (χ0) is 40.1. The Morgan fingerprint density at radius 1 is 0.566 bits per heavy atom. The summed E-state index contributed by atoms with van der Waals surface area (Å²) >= 11 is 0. The Bertz CT molecular complexity index is 1140. The number of rotatable bonds is 36. The lowest BCUT2D eigenvalue weighted by atomic mass is 10.1. The van der Waals surface area contributed by atoms with Crippen molar-refractivity contribution >= 4 is 31.9 Å². The molecule has 53 heavy (non-hydrogen) atoms. The van der Waals surface area contributed by atoms with E-state index < -0.39 is 37.0 Å². The van der Waals surface area contributed by atoms with E-state index in [1.807, 2.05) is 0 Å². The zero-order valence-electron chi connectivity index (χ0n) is 34.0. The van der Waals surface area contributed by atoms with E-state index in [0.717, 1.165) is 57.8 Å². The fourth-order valence-corrected chi connectivity index (χ4v) is 7.06. The largest absolute Gasteiger partial charge is 0.345 e. The lowest BCUT2D eigenvalue weighted by Crippen LogP contribution is -2.36. The Labute approximate surface area is 326 Å². The molecule has 0 aliphatic rings. The van der Waals surface area contributed by atoms with Crippen LogP contribution in [0.15, 0.2) is 24.3 Å². The first kappa shape index (κ1) is 53.5. The summed E-state index contributed by atoms with van der Waals surface area (Å²) in [5.41, 5.74) is 5.25. The van der Waals surface area contributed by atoms with Crippen LogP contribution in [0.4, 0.5) is 0 Å². The third-order valence-corrected chi connectivity index (χ3v) is 11.3. The third-order valence-electron chi connectivity index (χ3n) is 9.38. The standard InChI is InChI=1S/C21H41NO4S.C20H39NO4S/c1-3-4-5-6-7-8-9-10-11-12-13-14-15-16-17-18-21(23)22(2)19-20-27(24,25)26;1-2-3-4-5-6-7-8-9-10-11-12-13-14-15-16-17-19(22)20(18-21)26(23,24)25/h10-11H,3-9,12-20H2,1-2H3,(H,24,25,26);9-10,20H,2-8,11-18,21H2,1H3,(H,23,24,25)/b11-10-;10-9-. The van der Waals surface area contributed by atoms with Crippen molar-refractivity contribution in [2.24, 2.45) is 5.73 Å². The van der Waals surface area contributed by atoms with Gasteiger partial charge in [-0.25, -0.2) is 0 Å². The van der Waals surface area contributed by atoms with Gasteiger partial charge in [-0.05, 0) is 64.2 Å². The van der Waals surface area contributed by atoms with Crippen LogP contribution in [0.2, 0.25) is 0 Å². The lowest BCUT2D eigenvalue weighted by molar-refractivity contribution is -0.129. The zero-order valence-corrected chi connectivity index (χ0v) is 35.6. The van der Waals surface area contributed by atoms with Crippen LogP contribution in [-0.2, 0) is 29.8 Å². The van der Waals surface area contributed by atoms with Crippen LogP contribution in [0.5, 0.6) is 0 Å². The molecule has 0 spiro atoms. The number of hydrogen-bond donors (Lipinski definition) is 3. The van der Waals surface area contributed by atoms with Gasteiger partial charge in [0.15, 0.2) is 11.0 Å². The highest BCUT2D eigenvalue weighted by Crippen LogP contribution is 2.13. The predicted octanol–water partition coefficient (Wildman–Crippen LogP) is 10.2. The second kappa shape index (κ2) is 37.3. The van der Waals surface area contributed by atoms with Crippen LogP contribution in [0.1, 0.15) is 194 Å². The maximum Gasteiger partial charge on any atom is 0.276 e. The molecule has 12 heteroatoms. The molecule has 0 rings (SSSR count). The quantitative estimate of drug-likeness (QED) is 0.0317. The first-order chi connectivity index (χ1) is 25.3. The topological polar surface area (TPSA) is 172 Å². The minimum atomic E-state index is -4.37. The summed E-state index contributed by atoms with van der Waals surface area (Å²) in [5.74, 6) is -0.939. The van der Waals surface area contributed by atoms with E-state index in [4.69, 9.17) is 14.8 Å². The molecule has 0 aromatic heterocycles. The third kappa shape index (κ3) is 39.9. The van der Waals surface area contributed by atoms with E-state index in [0.29, 0.717) is 12.8 Å². The number of nitrogens with zero attached hydrogens (tertiary/aromatic N) is 1. The molecular weight excluding hydrogens is 713 g/mol. The Balaban J connectivity index is 0. The Morgan fingerprint density at radius 2 is 0.906 bits per heavy atom. The Morgan fingerprint density at radius 3 is 1.25 bits per heavy atom. The Hall–Kier alpha value is -1.60. The molecule has 0 saturated carbocycles. The number of unbranched alkanes of at least 4 members (excludes halogenated alkanes) is 22. The first-order valence-corrected chi connectivity index (χ1v) is 24.1. The highest BCUT2D eigenvalue weighted by molar-refractivity contribution is 7.87. The van der Waals surface area contributed by atoms with Gasteiger partial charge >= 0.3 is 0 Å². The molecule has 0 aromatic carbocycles. The molecule has 314 valence electrons. The summed E-state index contributed by atoms with van der Waals surface area (Å²) < 4.78 is 61.0. The number of allylic oxidation sites excluding steroid dienone is 4. The number of hydrogen-bond acceptors (Lipinski definition) is 7.